The van der Waals surface area contributed by atoms with E-state index in [2.05, 4.69) is 15.9 Å². The van der Waals surface area contributed by atoms with Crippen LogP contribution >= 0.6 is 15.9 Å². The van der Waals surface area contributed by atoms with Crippen LogP contribution in [0.25, 0.3) is 11.0 Å². The molecule has 5 heteroatoms. The van der Waals surface area contributed by atoms with E-state index in [1.54, 1.807) is 18.2 Å². The molecule has 0 bridgehead atoms. The molecule has 1 aliphatic rings. The minimum absolute atomic E-state index is 0.0841. The number of rotatable bonds is 1. The lowest BCUT2D eigenvalue weighted by molar-refractivity contribution is 0.0851. The highest BCUT2D eigenvalue weighted by atomic mass is 79.9. The number of ether oxygens (including phenoxy) is 1. The first-order valence-corrected chi connectivity index (χ1v) is 7.93. The van der Waals surface area contributed by atoms with Crippen LogP contribution in [0.3, 0.4) is 0 Å². The van der Waals surface area contributed by atoms with Crippen molar-refractivity contribution in [3.63, 3.8) is 0 Å². The van der Waals surface area contributed by atoms with Gasteiger partial charge in [0.05, 0.1) is 6.42 Å². The fourth-order valence-corrected chi connectivity index (χ4v) is 3.07. The van der Waals surface area contributed by atoms with E-state index in [0.717, 1.165) is 10.0 Å². The van der Waals surface area contributed by atoms with Crippen molar-refractivity contribution in [2.45, 2.75) is 12.5 Å². The van der Waals surface area contributed by atoms with Gasteiger partial charge >= 0.3 is 5.63 Å². The first-order valence-electron chi connectivity index (χ1n) is 7.14. The average Bonchev–Trinajstić information content (AvgIpc) is 2.54. The summed E-state index contributed by atoms with van der Waals surface area (Å²) in [4.78, 5) is 24.1. The van der Waals surface area contributed by atoms with E-state index in [1.807, 2.05) is 24.3 Å². The Bertz CT molecular complexity index is 972. The number of carbonyl (C=O) groups excluding carboxylic acids is 1. The molecule has 1 aromatic heterocycles. The van der Waals surface area contributed by atoms with E-state index in [1.165, 1.54) is 6.07 Å². The lowest BCUT2D eigenvalue weighted by Gasteiger charge is -2.25. The standard InChI is InChI=1S/C18H11BrO4/c19-12-5-1-10(2-6-12)15-9-13(20)17-14(22-15)7-3-11-4-8-16(21)23-18(11)17/h1-8,15H,9H2. The second-order valence-corrected chi connectivity index (χ2v) is 6.31. The highest BCUT2D eigenvalue weighted by Gasteiger charge is 2.30. The van der Waals surface area contributed by atoms with Gasteiger partial charge in [0.2, 0.25) is 0 Å². The third-order valence-corrected chi connectivity index (χ3v) is 4.44. The van der Waals surface area contributed by atoms with E-state index in [9.17, 15) is 9.59 Å². The predicted octanol–water partition coefficient (Wildman–Crippen LogP) is 4.26. The van der Waals surface area contributed by atoms with Gasteiger partial charge in [0.1, 0.15) is 17.4 Å². The quantitative estimate of drug-likeness (QED) is 0.600. The predicted molar refractivity (Wildman–Crippen MR) is 88.9 cm³/mol. The second kappa shape index (κ2) is 5.35. The van der Waals surface area contributed by atoms with Crippen molar-refractivity contribution < 1.29 is 13.9 Å². The molecule has 0 N–H and O–H groups in total. The number of Topliss-reactive ketones (excluding diaryl/α,β-unsaturated/α-hetero) is 1. The molecule has 3 aromatic rings. The molecule has 23 heavy (non-hydrogen) atoms. The maximum absolute atomic E-state index is 12.6. The van der Waals surface area contributed by atoms with E-state index in [-0.39, 0.29) is 18.3 Å². The Morgan fingerprint density at radius 2 is 1.70 bits per heavy atom. The van der Waals surface area contributed by atoms with Gasteiger partial charge in [-0.2, -0.15) is 0 Å². The lowest BCUT2D eigenvalue weighted by atomic mass is 9.95. The molecular weight excluding hydrogens is 360 g/mol. The van der Waals surface area contributed by atoms with Crippen LogP contribution in [0.15, 0.2) is 62.2 Å². The van der Waals surface area contributed by atoms with Crippen LogP contribution in [0.2, 0.25) is 0 Å². The number of carbonyl (C=O) groups is 1. The van der Waals surface area contributed by atoms with Gasteiger partial charge in [-0.15, -0.1) is 0 Å². The summed E-state index contributed by atoms with van der Waals surface area (Å²) in [6.07, 6.45) is -0.122. The molecular formula is C18H11BrO4. The normalized spacial score (nSPS) is 16.9. The molecule has 4 rings (SSSR count). The molecule has 4 nitrogen and oxygen atoms in total. The number of hydrogen-bond donors (Lipinski definition) is 0. The minimum Gasteiger partial charge on any atom is -0.484 e. The Morgan fingerprint density at radius 3 is 2.48 bits per heavy atom. The molecule has 1 atom stereocenters. The van der Waals surface area contributed by atoms with Crippen molar-refractivity contribution in [1.29, 1.82) is 0 Å². The number of ketones is 1. The third kappa shape index (κ3) is 2.47. The first-order chi connectivity index (χ1) is 11.1. The van der Waals surface area contributed by atoms with Gasteiger partial charge < -0.3 is 9.15 Å². The van der Waals surface area contributed by atoms with Crippen LogP contribution in [0.1, 0.15) is 28.4 Å². The fraction of sp³-hybridized carbons (Fsp3) is 0.111. The smallest absolute Gasteiger partial charge is 0.336 e. The Hall–Kier alpha value is -2.40. The van der Waals surface area contributed by atoms with E-state index in [0.29, 0.717) is 22.3 Å². The topological polar surface area (TPSA) is 56.5 Å². The molecule has 0 radical (unpaired) electrons. The zero-order chi connectivity index (χ0) is 16.0. The zero-order valence-electron chi connectivity index (χ0n) is 11.9. The van der Waals surface area contributed by atoms with E-state index < -0.39 is 5.63 Å². The molecule has 0 spiro atoms. The van der Waals surface area contributed by atoms with Gasteiger partial charge in [-0.1, -0.05) is 28.1 Å². The van der Waals surface area contributed by atoms with Crippen molar-refractivity contribution in [3.05, 3.63) is 74.6 Å². The molecule has 2 aromatic carbocycles. The summed E-state index contributed by atoms with van der Waals surface area (Å²) in [5, 5.41) is 0.711. The lowest BCUT2D eigenvalue weighted by Crippen LogP contribution is -2.21. The van der Waals surface area contributed by atoms with Crippen LogP contribution in [0.4, 0.5) is 0 Å². The van der Waals surface area contributed by atoms with Crippen LogP contribution in [-0.4, -0.2) is 5.78 Å². The summed E-state index contributed by atoms with van der Waals surface area (Å²) < 4.78 is 12.2. The van der Waals surface area contributed by atoms with Crippen molar-refractivity contribution in [2.24, 2.45) is 0 Å². The Balaban J connectivity index is 1.82. The van der Waals surface area contributed by atoms with Gasteiger partial charge in [-0.05, 0) is 35.9 Å². The zero-order valence-corrected chi connectivity index (χ0v) is 13.5. The van der Waals surface area contributed by atoms with Gasteiger partial charge in [-0.3, -0.25) is 4.79 Å². The van der Waals surface area contributed by atoms with Gasteiger partial charge in [0.25, 0.3) is 0 Å². The van der Waals surface area contributed by atoms with Crippen molar-refractivity contribution >= 4 is 32.7 Å². The molecule has 0 amide bonds. The third-order valence-electron chi connectivity index (χ3n) is 3.91. The van der Waals surface area contributed by atoms with Crippen molar-refractivity contribution in [2.75, 3.05) is 0 Å². The molecule has 0 fully saturated rings. The fourth-order valence-electron chi connectivity index (χ4n) is 2.81. The van der Waals surface area contributed by atoms with Gasteiger partial charge in [0.15, 0.2) is 11.4 Å². The largest absolute Gasteiger partial charge is 0.484 e. The molecule has 0 saturated heterocycles. The van der Waals surface area contributed by atoms with E-state index in [4.69, 9.17) is 9.15 Å². The highest BCUT2D eigenvalue weighted by molar-refractivity contribution is 9.10. The molecule has 1 unspecified atom stereocenters. The Morgan fingerprint density at radius 1 is 0.957 bits per heavy atom. The summed E-state index contributed by atoms with van der Waals surface area (Å²) in [6, 6.07) is 14.2. The number of halogens is 1. The second-order valence-electron chi connectivity index (χ2n) is 5.40. The molecule has 0 saturated carbocycles. The van der Waals surface area contributed by atoms with Crippen LogP contribution in [0.5, 0.6) is 5.75 Å². The summed E-state index contributed by atoms with van der Waals surface area (Å²) in [7, 11) is 0. The van der Waals surface area contributed by atoms with Crippen LogP contribution in [-0.2, 0) is 0 Å². The molecule has 2 heterocycles. The van der Waals surface area contributed by atoms with Gasteiger partial charge in [0, 0.05) is 15.9 Å². The van der Waals surface area contributed by atoms with Crippen molar-refractivity contribution in [3.8, 4) is 5.75 Å². The van der Waals surface area contributed by atoms with Crippen LogP contribution < -0.4 is 10.4 Å². The molecule has 114 valence electrons. The first kappa shape index (κ1) is 14.2. The van der Waals surface area contributed by atoms with Gasteiger partial charge in [-0.25, -0.2) is 4.79 Å². The molecule has 0 aliphatic carbocycles. The Labute approximate surface area is 139 Å². The Kier molecular flexibility index (Phi) is 3.31. The maximum Gasteiger partial charge on any atom is 0.336 e. The minimum atomic E-state index is -0.478. The SMILES string of the molecule is O=C1CC(c2ccc(Br)cc2)Oc2ccc3ccc(=O)oc3c21. The monoisotopic (exact) mass is 370 g/mol. The summed E-state index contributed by atoms with van der Waals surface area (Å²) in [6.45, 7) is 0. The number of benzene rings is 2. The van der Waals surface area contributed by atoms with E-state index >= 15 is 0 Å². The molecule has 1 aliphatic heterocycles. The highest BCUT2D eigenvalue weighted by Crippen LogP contribution is 2.38. The summed E-state index contributed by atoms with van der Waals surface area (Å²) in [5.74, 6) is 0.370. The number of hydrogen-bond acceptors (Lipinski definition) is 4. The summed E-state index contributed by atoms with van der Waals surface area (Å²) >= 11 is 3.39. The van der Waals surface area contributed by atoms with Crippen LogP contribution in [0, 0.1) is 0 Å². The van der Waals surface area contributed by atoms with Crippen molar-refractivity contribution in [1.82, 2.24) is 0 Å². The average molecular weight is 371 g/mol. The number of fused-ring (bicyclic) bond motifs is 3. The summed E-state index contributed by atoms with van der Waals surface area (Å²) in [5.41, 5.74) is 1.11. The maximum atomic E-state index is 12.6.